The number of carbonyl (C=O) groups excluding carboxylic acids is 1. The van der Waals surface area contributed by atoms with Gasteiger partial charge in [0.15, 0.2) is 0 Å². The Morgan fingerprint density at radius 2 is 2.29 bits per heavy atom. The highest BCUT2D eigenvalue weighted by Gasteiger charge is 2.05. The summed E-state index contributed by atoms with van der Waals surface area (Å²) in [5.41, 5.74) is 7.05. The SMILES string of the molecule is Cc1ccc(C(=O)NCCCC(C)CN)cn1. The van der Waals surface area contributed by atoms with Crippen LogP contribution in [-0.4, -0.2) is 24.0 Å². The summed E-state index contributed by atoms with van der Waals surface area (Å²) < 4.78 is 0. The van der Waals surface area contributed by atoms with Crippen LogP contribution >= 0.6 is 0 Å². The average Bonchev–Trinajstić information content (AvgIpc) is 2.34. The first-order valence-electron chi connectivity index (χ1n) is 6.04. The highest BCUT2D eigenvalue weighted by Crippen LogP contribution is 2.03. The minimum absolute atomic E-state index is 0.0575. The van der Waals surface area contributed by atoms with Gasteiger partial charge in [0.05, 0.1) is 5.56 Å². The molecule has 94 valence electrons. The molecule has 0 aromatic carbocycles. The van der Waals surface area contributed by atoms with Crippen molar-refractivity contribution >= 4 is 5.91 Å². The largest absolute Gasteiger partial charge is 0.352 e. The van der Waals surface area contributed by atoms with Crippen molar-refractivity contribution in [1.29, 1.82) is 0 Å². The van der Waals surface area contributed by atoms with Gasteiger partial charge in [-0.2, -0.15) is 0 Å². The molecule has 4 heteroatoms. The van der Waals surface area contributed by atoms with Gasteiger partial charge in [-0.25, -0.2) is 0 Å². The number of amides is 1. The first-order valence-corrected chi connectivity index (χ1v) is 6.04. The lowest BCUT2D eigenvalue weighted by Crippen LogP contribution is -2.25. The summed E-state index contributed by atoms with van der Waals surface area (Å²) in [5, 5.41) is 2.88. The molecular weight excluding hydrogens is 214 g/mol. The van der Waals surface area contributed by atoms with E-state index in [1.54, 1.807) is 12.3 Å². The molecule has 4 nitrogen and oxygen atoms in total. The number of pyridine rings is 1. The van der Waals surface area contributed by atoms with Crippen LogP contribution in [0.2, 0.25) is 0 Å². The van der Waals surface area contributed by atoms with Gasteiger partial charge in [-0.3, -0.25) is 9.78 Å². The molecular formula is C13H21N3O. The van der Waals surface area contributed by atoms with Gasteiger partial charge in [-0.05, 0) is 44.4 Å². The van der Waals surface area contributed by atoms with Crippen molar-refractivity contribution in [2.24, 2.45) is 11.7 Å². The second-order valence-electron chi connectivity index (χ2n) is 4.43. The topological polar surface area (TPSA) is 68.0 Å². The minimum atomic E-state index is -0.0575. The summed E-state index contributed by atoms with van der Waals surface area (Å²) in [6.07, 6.45) is 3.61. The molecule has 0 saturated heterocycles. The van der Waals surface area contributed by atoms with E-state index < -0.39 is 0 Å². The van der Waals surface area contributed by atoms with E-state index in [4.69, 9.17) is 5.73 Å². The number of nitrogens with one attached hydrogen (secondary N) is 1. The molecule has 0 fully saturated rings. The quantitative estimate of drug-likeness (QED) is 0.734. The van der Waals surface area contributed by atoms with Gasteiger partial charge in [0.2, 0.25) is 0 Å². The van der Waals surface area contributed by atoms with Gasteiger partial charge < -0.3 is 11.1 Å². The molecule has 0 saturated carbocycles. The number of nitrogens with zero attached hydrogens (tertiary/aromatic N) is 1. The lowest BCUT2D eigenvalue weighted by molar-refractivity contribution is 0.0952. The van der Waals surface area contributed by atoms with Crippen molar-refractivity contribution in [2.75, 3.05) is 13.1 Å². The Morgan fingerprint density at radius 1 is 1.53 bits per heavy atom. The summed E-state index contributed by atoms with van der Waals surface area (Å²) in [7, 11) is 0. The van der Waals surface area contributed by atoms with E-state index in [2.05, 4.69) is 17.2 Å². The number of aryl methyl sites for hydroxylation is 1. The lowest BCUT2D eigenvalue weighted by atomic mass is 10.1. The maximum Gasteiger partial charge on any atom is 0.252 e. The van der Waals surface area contributed by atoms with Gasteiger partial charge in [0.25, 0.3) is 5.91 Å². The highest BCUT2D eigenvalue weighted by molar-refractivity contribution is 5.93. The standard InChI is InChI=1S/C13H21N3O/c1-10(8-14)4-3-7-15-13(17)12-6-5-11(2)16-9-12/h5-6,9-10H,3-4,7-8,14H2,1-2H3,(H,15,17). The zero-order valence-corrected chi connectivity index (χ0v) is 10.6. The fourth-order valence-electron chi connectivity index (χ4n) is 1.47. The van der Waals surface area contributed by atoms with Crippen LogP contribution in [-0.2, 0) is 0 Å². The number of nitrogens with two attached hydrogens (primary N) is 1. The molecule has 1 unspecified atom stereocenters. The maximum atomic E-state index is 11.7. The Labute approximate surface area is 103 Å². The van der Waals surface area contributed by atoms with Crippen LogP contribution in [0.15, 0.2) is 18.3 Å². The summed E-state index contributed by atoms with van der Waals surface area (Å²) >= 11 is 0. The molecule has 1 aromatic rings. The van der Waals surface area contributed by atoms with Gasteiger partial charge in [-0.1, -0.05) is 6.92 Å². The molecule has 0 aliphatic heterocycles. The Morgan fingerprint density at radius 3 is 2.88 bits per heavy atom. The Kier molecular flexibility index (Phi) is 5.63. The second-order valence-corrected chi connectivity index (χ2v) is 4.43. The normalized spacial score (nSPS) is 12.2. The number of hydrogen-bond donors (Lipinski definition) is 2. The predicted molar refractivity (Wildman–Crippen MR) is 68.8 cm³/mol. The third kappa shape index (κ3) is 4.95. The molecule has 1 heterocycles. The molecule has 17 heavy (non-hydrogen) atoms. The van der Waals surface area contributed by atoms with E-state index in [0.29, 0.717) is 24.6 Å². The van der Waals surface area contributed by atoms with Crippen molar-refractivity contribution in [3.8, 4) is 0 Å². The molecule has 0 radical (unpaired) electrons. The number of hydrogen-bond acceptors (Lipinski definition) is 3. The van der Waals surface area contributed by atoms with Crippen molar-refractivity contribution < 1.29 is 4.79 Å². The molecule has 0 aliphatic rings. The van der Waals surface area contributed by atoms with E-state index in [9.17, 15) is 4.79 Å². The molecule has 1 rings (SSSR count). The van der Waals surface area contributed by atoms with Crippen LogP contribution < -0.4 is 11.1 Å². The Balaban J connectivity index is 2.28. The summed E-state index contributed by atoms with van der Waals surface area (Å²) in [5.74, 6) is 0.464. The lowest BCUT2D eigenvalue weighted by Gasteiger charge is -2.08. The van der Waals surface area contributed by atoms with Crippen LogP contribution in [0.1, 0.15) is 35.8 Å². The minimum Gasteiger partial charge on any atom is -0.352 e. The number of carbonyl (C=O) groups is 1. The van der Waals surface area contributed by atoms with Crippen LogP contribution in [0.4, 0.5) is 0 Å². The summed E-state index contributed by atoms with van der Waals surface area (Å²) in [4.78, 5) is 15.8. The van der Waals surface area contributed by atoms with E-state index in [1.807, 2.05) is 13.0 Å². The van der Waals surface area contributed by atoms with Crippen LogP contribution in [0.25, 0.3) is 0 Å². The number of aromatic nitrogens is 1. The zero-order valence-electron chi connectivity index (χ0n) is 10.6. The van der Waals surface area contributed by atoms with Crippen molar-refractivity contribution in [2.45, 2.75) is 26.7 Å². The van der Waals surface area contributed by atoms with Crippen LogP contribution in [0.3, 0.4) is 0 Å². The zero-order chi connectivity index (χ0) is 12.7. The fourth-order valence-corrected chi connectivity index (χ4v) is 1.47. The molecule has 3 N–H and O–H groups in total. The van der Waals surface area contributed by atoms with Gasteiger partial charge in [-0.15, -0.1) is 0 Å². The second kappa shape index (κ2) is 7.01. The molecule has 0 aliphatic carbocycles. The summed E-state index contributed by atoms with van der Waals surface area (Å²) in [6, 6.07) is 3.63. The van der Waals surface area contributed by atoms with E-state index in [-0.39, 0.29) is 5.91 Å². The smallest absolute Gasteiger partial charge is 0.252 e. The third-order valence-electron chi connectivity index (χ3n) is 2.74. The number of rotatable bonds is 6. The molecule has 1 atom stereocenters. The van der Waals surface area contributed by atoms with Crippen molar-refractivity contribution in [1.82, 2.24) is 10.3 Å². The van der Waals surface area contributed by atoms with E-state index in [1.165, 1.54) is 0 Å². The fraction of sp³-hybridized carbons (Fsp3) is 0.538. The van der Waals surface area contributed by atoms with Crippen LogP contribution in [0, 0.1) is 12.8 Å². The highest BCUT2D eigenvalue weighted by atomic mass is 16.1. The molecule has 0 bridgehead atoms. The molecule has 1 aromatic heterocycles. The Hall–Kier alpha value is -1.42. The van der Waals surface area contributed by atoms with Crippen molar-refractivity contribution in [3.63, 3.8) is 0 Å². The van der Waals surface area contributed by atoms with Gasteiger partial charge in [0, 0.05) is 18.4 Å². The third-order valence-corrected chi connectivity index (χ3v) is 2.74. The Bertz CT molecular complexity index is 348. The predicted octanol–water partition coefficient (Wildman–Crippen LogP) is 1.49. The monoisotopic (exact) mass is 235 g/mol. The maximum absolute atomic E-state index is 11.7. The van der Waals surface area contributed by atoms with Crippen LogP contribution in [0.5, 0.6) is 0 Å². The molecule has 0 spiro atoms. The molecule has 1 amide bonds. The first-order chi connectivity index (χ1) is 8.13. The van der Waals surface area contributed by atoms with Gasteiger partial charge >= 0.3 is 0 Å². The first kappa shape index (κ1) is 13.6. The van der Waals surface area contributed by atoms with E-state index >= 15 is 0 Å². The summed E-state index contributed by atoms with van der Waals surface area (Å²) in [6.45, 7) is 5.41. The van der Waals surface area contributed by atoms with Crippen molar-refractivity contribution in [3.05, 3.63) is 29.6 Å². The van der Waals surface area contributed by atoms with Gasteiger partial charge in [0.1, 0.15) is 0 Å². The average molecular weight is 235 g/mol. The van der Waals surface area contributed by atoms with E-state index in [0.717, 1.165) is 18.5 Å².